The first kappa shape index (κ1) is 24.0. The first-order valence-electron chi connectivity index (χ1n) is 12.1. The van der Waals surface area contributed by atoms with Gasteiger partial charge in [0.05, 0.1) is 24.0 Å². The summed E-state index contributed by atoms with van der Waals surface area (Å²) in [5.74, 6) is -2.82. The van der Waals surface area contributed by atoms with Gasteiger partial charge in [-0.15, -0.1) is 11.6 Å². The average molecular weight is 495 g/mol. The molecule has 5 aliphatic rings. The Labute approximate surface area is 203 Å². The van der Waals surface area contributed by atoms with Crippen molar-refractivity contribution in [1.82, 2.24) is 0 Å². The SMILES string of the molecule is COC(=O)[C@@]1(OC(=O)C2CC2)[C@H](C)CC2C3C[C@H](F)C4=CC(=O)C=C[C@]4(C)[C@@]3(Cl)[C@@H](O)C[C@@]21C. The Bertz CT molecular complexity index is 1020. The maximum absolute atomic E-state index is 15.7. The van der Waals surface area contributed by atoms with Crippen molar-refractivity contribution >= 4 is 29.3 Å². The summed E-state index contributed by atoms with van der Waals surface area (Å²) in [5.41, 5.74) is -3.38. The molecule has 4 fully saturated rings. The summed E-state index contributed by atoms with van der Waals surface area (Å²) in [5, 5.41) is 11.7. The summed E-state index contributed by atoms with van der Waals surface area (Å²) in [7, 11) is 1.27. The van der Waals surface area contributed by atoms with E-state index in [1.165, 1.54) is 19.3 Å². The molecule has 9 atom stereocenters. The van der Waals surface area contributed by atoms with Crippen LogP contribution in [-0.4, -0.2) is 52.7 Å². The summed E-state index contributed by atoms with van der Waals surface area (Å²) < 4.78 is 26.9. The molecule has 0 aromatic heterocycles. The number of carbonyl (C=O) groups is 3. The number of methoxy groups -OCH3 is 1. The van der Waals surface area contributed by atoms with Gasteiger partial charge in [0.25, 0.3) is 0 Å². The summed E-state index contributed by atoms with van der Waals surface area (Å²) in [6.07, 6.45) is 3.78. The number of aliphatic hydroxyl groups is 1. The Morgan fingerprint density at radius 2 is 1.88 bits per heavy atom. The topological polar surface area (TPSA) is 89.9 Å². The van der Waals surface area contributed by atoms with Gasteiger partial charge in [0.1, 0.15) is 6.17 Å². The second-order valence-electron chi connectivity index (χ2n) is 11.4. The van der Waals surface area contributed by atoms with Crippen LogP contribution in [0, 0.1) is 34.5 Å². The number of esters is 2. The number of ketones is 1. The Morgan fingerprint density at radius 1 is 1.21 bits per heavy atom. The van der Waals surface area contributed by atoms with Gasteiger partial charge in [-0.25, -0.2) is 9.18 Å². The molecule has 0 heterocycles. The average Bonchev–Trinajstić information content (AvgIpc) is 3.60. The van der Waals surface area contributed by atoms with Crippen LogP contribution >= 0.6 is 11.6 Å². The molecule has 0 aliphatic heterocycles. The number of ether oxygens (including phenoxy) is 2. The van der Waals surface area contributed by atoms with Crippen molar-refractivity contribution < 1.29 is 33.4 Å². The molecule has 0 bridgehead atoms. The minimum atomic E-state index is -1.59. The van der Waals surface area contributed by atoms with Gasteiger partial charge in [-0.3, -0.25) is 9.59 Å². The highest BCUT2D eigenvalue weighted by Crippen LogP contribution is 2.72. The van der Waals surface area contributed by atoms with Crippen LogP contribution in [0.1, 0.15) is 52.9 Å². The van der Waals surface area contributed by atoms with E-state index < -0.39 is 57.4 Å². The number of hydrogen-bond acceptors (Lipinski definition) is 6. The minimum absolute atomic E-state index is 0.0178. The van der Waals surface area contributed by atoms with Crippen LogP contribution in [-0.2, 0) is 23.9 Å². The smallest absolute Gasteiger partial charge is 0.351 e. The van der Waals surface area contributed by atoms with Gasteiger partial charge in [0, 0.05) is 16.7 Å². The monoisotopic (exact) mass is 494 g/mol. The normalized spacial score (nSPS) is 49.4. The van der Waals surface area contributed by atoms with Gasteiger partial charge in [-0.2, -0.15) is 0 Å². The molecule has 0 amide bonds. The third-order valence-corrected chi connectivity index (χ3v) is 10.8. The van der Waals surface area contributed by atoms with Crippen LogP contribution in [0.25, 0.3) is 0 Å². The quantitative estimate of drug-likeness (QED) is 0.475. The van der Waals surface area contributed by atoms with Crippen molar-refractivity contribution in [3.05, 3.63) is 23.8 Å². The predicted molar refractivity (Wildman–Crippen MR) is 121 cm³/mol. The standard InChI is InChI=1S/C26H32ClFO6/c1-13-9-16-17-11-19(28)18-10-15(29)7-8-23(18,2)25(17,27)20(30)12-24(16,3)26(13,22(32)33-4)34-21(31)14-5-6-14/h7-8,10,13-14,16-17,19-20,30H,5-6,9,11-12H2,1-4H3/t13-,16?,17?,19+,20+,23+,24+,25+,26+/m1/s1. The molecule has 34 heavy (non-hydrogen) atoms. The van der Waals surface area contributed by atoms with Crippen LogP contribution in [0.3, 0.4) is 0 Å². The lowest BCUT2D eigenvalue weighted by molar-refractivity contribution is -0.216. The summed E-state index contributed by atoms with van der Waals surface area (Å²) in [6.45, 7) is 5.47. The molecule has 5 aliphatic carbocycles. The molecule has 0 radical (unpaired) electrons. The number of alkyl halides is 2. The Balaban J connectivity index is 1.63. The number of rotatable bonds is 3. The second kappa shape index (κ2) is 7.39. The molecule has 1 N–H and O–H groups in total. The maximum Gasteiger partial charge on any atom is 0.351 e. The zero-order valence-electron chi connectivity index (χ0n) is 20.0. The molecule has 0 aromatic rings. The summed E-state index contributed by atoms with van der Waals surface area (Å²) in [6, 6.07) is 0. The van der Waals surface area contributed by atoms with E-state index in [2.05, 4.69) is 0 Å². The largest absolute Gasteiger partial charge is 0.466 e. The van der Waals surface area contributed by atoms with E-state index in [-0.39, 0.29) is 30.5 Å². The van der Waals surface area contributed by atoms with Crippen molar-refractivity contribution in [2.24, 2.45) is 34.5 Å². The van der Waals surface area contributed by atoms with Crippen molar-refractivity contribution in [3.63, 3.8) is 0 Å². The molecule has 0 spiro atoms. The third-order valence-electron chi connectivity index (χ3n) is 9.83. The Morgan fingerprint density at radius 3 is 2.50 bits per heavy atom. The van der Waals surface area contributed by atoms with Gasteiger partial charge in [-0.05, 0) is 61.7 Å². The molecule has 6 nitrogen and oxygen atoms in total. The molecule has 0 saturated heterocycles. The fraction of sp³-hybridized carbons (Fsp3) is 0.731. The highest BCUT2D eigenvalue weighted by atomic mass is 35.5. The summed E-state index contributed by atoms with van der Waals surface area (Å²) in [4.78, 5) is 37.0. The molecule has 4 saturated carbocycles. The van der Waals surface area contributed by atoms with Gasteiger partial charge >= 0.3 is 11.9 Å². The van der Waals surface area contributed by atoms with Crippen LogP contribution in [0.15, 0.2) is 23.8 Å². The molecule has 0 aromatic carbocycles. The number of hydrogen-bond donors (Lipinski definition) is 1. The Kier molecular flexibility index (Phi) is 5.21. The zero-order valence-corrected chi connectivity index (χ0v) is 20.7. The first-order valence-corrected chi connectivity index (χ1v) is 12.5. The van der Waals surface area contributed by atoms with Gasteiger partial charge in [0.2, 0.25) is 5.60 Å². The minimum Gasteiger partial charge on any atom is -0.466 e. The van der Waals surface area contributed by atoms with Crippen molar-refractivity contribution in [1.29, 1.82) is 0 Å². The first-order chi connectivity index (χ1) is 15.9. The van der Waals surface area contributed by atoms with Crippen LogP contribution < -0.4 is 0 Å². The molecule has 2 unspecified atom stereocenters. The highest BCUT2D eigenvalue weighted by molar-refractivity contribution is 6.26. The lowest BCUT2D eigenvalue weighted by atomic mass is 9.45. The van der Waals surface area contributed by atoms with Crippen molar-refractivity contribution in [2.75, 3.05) is 7.11 Å². The lowest BCUT2D eigenvalue weighted by Gasteiger charge is -2.64. The third kappa shape index (κ3) is 2.74. The molecule has 5 rings (SSSR count). The molecule has 8 heteroatoms. The van der Waals surface area contributed by atoms with E-state index >= 15 is 4.39 Å². The maximum atomic E-state index is 15.7. The van der Waals surface area contributed by atoms with Gasteiger partial charge < -0.3 is 14.6 Å². The van der Waals surface area contributed by atoms with E-state index in [0.717, 1.165) is 12.8 Å². The fourth-order valence-electron chi connectivity index (χ4n) is 7.93. The molecular weight excluding hydrogens is 463 g/mol. The van der Waals surface area contributed by atoms with Crippen molar-refractivity contribution in [2.45, 2.75) is 75.6 Å². The number of carbonyl (C=O) groups excluding carboxylic acids is 3. The molecular formula is C26H32ClFO6. The summed E-state index contributed by atoms with van der Waals surface area (Å²) >= 11 is 7.36. The van der Waals surface area contributed by atoms with E-state index in [0.29, 0.717) is 12.0 Å². The molecule has 186 valence electrons. The van der Waals surface area contributed by atoms with E-state index in [9.17, 15) is 19.5 Å². The predicted octanol–water partition coefficient (Wildman–Crippen LogP) is 3.69. The number of halogens is 2. The van der Waals surface area contributed by atoms with E-state index in [4.69, 9.17) is 21.1 Å². The van der Waals surface area contributed by atoms with Crippen molar-refractivity contribution in [3.8, 4) is 0 Å². The number of aliphatic hydroxyl groups excluding tert-OH is 1. The van der Waals surface area contributed by atoms with Gasteiger partial charge in [-0.1, -0.05) is 26.8 Å². The second-order valence-corrected chi connectivity index (χ2v) is 12.0. The van der Waals surface area contributed by atoms with Crippen LogP contribution in [0.4, 0.5) is 4.39 Å². The Hall–Kier alpha value is -1.73. The van der Waals surface area contributed by atoms with E-state index in [1.54, 1.807) is 13.0 Å². The van der Waals surface area contributed by atoms with E-state index in [1.807, 2.05) is 13.8 Å². The van der Waals surface area contributed by atoms with Crippen LogP contribution in [0.5, 0.6) is 0 Å². The van der Waals surface area contributed by atoms with Crippen LogP contribution in [0.2, 0.25) is 0 Å². The van der Waals surface area contributed by atoms with Gasteiger partial charge in [0.15, 0.2) is 5.78 Å². The number of fused-ring (bicyclic) bond motifs is 5. The zero-order chi connectivity index (χ0) is 24.8. The lowest BCUT2D eigenvalue weighted by Crippen LogP contribution is -2.70. The fourth-order valence-corrected chi connectivity index (χ4v) is 8.42. The highest BCUT2D eigenvalue weighted by Gasteiger charge is 2.78. The number of allylic oxidation sites excluding steroid dienone is 4.